The summed E-state index contributed by atoms with van der Waals surface area (Å²) in [4.78, 5) is 1.89. The van der Waals surface area contributed by atoms with Crippen LogP contribution in [0.4, 0.5) is 0 Å². The van der Waals surface area contributed by atoms with Crippen molar-refractivity contribution in [3.05, 3.63) is 25.1 Å². The van der Waals surface area contributed by atoms with Crippen molar-refractivity contribution in [3.8, 4) is 0 Å². The first-order chi connectivity index (χ1) is 3.31. The lowest BCUT2D eigenvalue weighted by Crippen LogP contribution is -1.97. The van der Waals surface area contributed by atoms with Crippen LogP contribution in [0.5, 0.6) is 0 Å². The largest absolute Gasteiger partial charge is 0.358 e. The molecule has 0 atom stereocenters. The van der Waals surface area contributed by atoms with E-state index in [1.165, 1.54) is 0 Å². The molecule has 0 aromatic heterocycles. The molecule has 0 heterocycles. The highest BCUT2D eigenvalue weighted by atomic mass is 15.0. The average Bonchev–Trinajstić information content (AvgIpc) is 1.68. The van der Waals surface area contributed by atoms with Crippen LogP contribution in [0.2, 0.25) is 0 Å². The Balaban J connectivity index is 3.35. The molecule has 0 N–H and O–H groups in total. The Morgan fingerprint density at radius 3 is 2.29 bits per heavy atom. The summed E-state index contributed by atoms with van der Waals surface area (Å²) in [6.07, 6.45) is 5.65. The van der Waals surface area contributed by atoms with Crippen LogP contribution in [0.1, 0.15) is 6.92 Å². The van der Waals surface area contributed by atoms with Gasteiger partial charge in [0.05, 0.1) is 0 Å². The summed E-state index contributed by atoms with van der Waals surface area (Å²) in [7, 11) is 1.94. The zero-order valence-corrected chi connectivity index (χ0v) is 4.89. The smallest absolute Gasteiger partial charge is 0.0106 e. The maximum Gasteiger partial charge on any atom is 0.0106 e. The molecule has 0 aliphatic carbocycles. The van der Waals surface area contributed by atoms with Crippen LogP contribution < -0.4 is 0 Å². The molecular weight excluding hydrogens is 86.1 g/mol. The third kappa shape index (κ3) is 3.10. The normalized spacial score (nSPS) is 9.43. The lowest BCUT2D eigenvalue weighted by Gasteiger charge is -2.02. The minimum Gasteiger partial charge on any atom is -0.358 e. The Labute approximate surface area is 44.9 Å². The van der Waals surface area contributed by atoms with Crippen molar-refractivity contribution >= 4 is 0 Å². The summed E-state index contributed by atoms with van der Waals surface area (Å²) in [6, 6.07) is 0. The fourth-order valence-corrected chi connectivity index (χ4v) is 0.296. The first-order valence-corrected chi connectivity index (χ1v) is 2.28. The second-order valence-corrected chi connectivity index (χ2v) is 1.33. The van der Waals surface area contributed by atoms with Gasteiger partial charge in [-0.15, -0.1) is 0 Å². The fourth-order valence-electron chi connectivity index (χ4n) is 0.296. The fraction of sp³-hybridized carbons (Fsp3) is 0.333. The second kappa shape index (κ2) is 3.47. The van der Waals surface area contributed by atoms with Crippen LogP contribution in [-0.4, -0.2) is 11.9 Å². The number of hydrogen-bond acceptors (Lipinski definition) is 1. The SMILES string of the molecule is C=CN(C)/C=C\C. The number of rotatable bonds is 2. The monoisotopic (exact) mass is 97.1 g/mol. The van der Waals surface area contributed by atoms with Gasteiger partial charge < -0.3 is 4.90 Å². The summed E-state index contributed by atoms with van der Waals surface area (Å²) in [6.45, 7) is 5.53. The van der Waals surface area contributed by atoms with Crippen LogP contribution in [0.15, 0.2) is 25.1 Å². The third-order valence-corrected chi connectivity index (χ3v) is 0.672. The Bertz CT molecular complexity index is 74.2. The van der Waals surface area contributed by atoms with Gasteiger partial charge in [-0.25, -0.2) is 0 Å². The van der Waals surface area contributed by atoms with Crippen LogP contribution in [0, 0.1) is 0 Å². The molecule has 0 bridgehead atoms. The summed E-state index contributed by atoms with van der Waals surface area (Å²) >= 11 is 0. The van der Waals surface area contributed by atoms with E-state index in [0.717, 1.165) is 0 Å². The van der Waals surface area contributed by atoms with Gasteiger partial charge in [0.2, 0.25) is 0 Å². The Hall–Kier alpha value is -0.720. The summed E-state index contributed by atoms with van der Waals surface area (Å²) < 4.78 is 0. The first-order valence-electron chi connectivity index (χ1n) is 2.28. The minimum absolute atomic E-state index is 1.75. The molecule has 0 aromatic rings. The van der Waals surface area contributed by atoms with Gasteiger partial charge in [-0.3, -0.25) is 0 Å². The molecule has 0 rings (SSSR count). The van der Waals surface area contributed by atoms with Crippen molar-refractivity contribution in [1.29, 1.82) is 0 Å². The van der Waals surface area contributed by atoms with Crippen molar-refractivity contribution in [2.75, 3.05) is 7.05 Å². The third-order valence-electron chi connectivity index (χ3n) is 0.672. The van der Waals surface area contributed by atoms with Crippen LogP contribution in [-0.2, 0) is 0 Å². The van der Waals surface area contributed by atoms with Gasteiger partial charge in [0.25, 0.3) is 0 Å². The maximum absolute atomic E-state index is 3.55. The minimum atomic E-state index is 1.75. The van der Waals surface area contributed by atoms with Crippen molar-refractivity contribution in [1.82, 2.24) is 4.90 Å². The van der Waals surface area contributed by atoms with Gasteiger partial charge in [-0.2, -0.15) is 0 Å². The zero-order chi connectivity index (χ0) is 5.70. The molecule has 0 aromatic carbocycles. The average molecular weight is 97.2 g/mol. The van der Waals surface area contributed by atoms with E-state index in [4.69, 9.17) is 0 Å². The molecule has 0 radical (unpaired) electrons. The van der Waals surface area contributed by atoms with Gasteiger partial charge in [-0.1, -0.05) is 12.7 Å². The molecule has 1 nitrogen and oxygen atoms in total. The first kappa shape index (κ1) is 6.28. The highest BCUT2D eigenvalue weighted by Crippen LogP contribution is 1.80. The van der Waals surface area contributed by atoms with Gasteiger partial charge >= 0.3 is 0 Å². The molecule has 1 heteroatoms. The van der Waals surface area contributed by atoms with Gasteiger partial charge in [0.15, 0.2) is 0 Å². The number of nitrogens with zero attached hydrogens (tertiary/aromatic N) is 1. The predicted molar refractivity (Wildman–Crippen MR) is 32.8 cm³/mol. The van der Waals surface area contributed by atoms with Crippen molar-refractivity contribution in [2.24, 2.45) is 0 Å². The van der Waals surface area contributed by atoms with E-state index >= 15 is 0 Å². The van der Waals surface area contributed by atoms with E-state index in [1.54, 1.807) is 6.20 Å². The molecule has 0 fully saturated rings. The van der Waals surface area contributed by atoms with E-state index in [9.17, 15) is 0 Å². The summed E-state index contributed by atoms with van der Waals surface area (Å²) in [5.74, 6) is 0. The Kier molecular flexibility index (Phi) is 3.11. The molecule has 0 saturated carbocycles. The quantitative estimate of drug-likeness (QED) is 0.506. The summed E-state index contributed by atoms with van der Waals surface area (Å²) in [5, 5.41) is 0. The van der Waals surface area contributed by atoms with Crippen molar-refractivity contribution in [2.45, 2.75) is 6.92 Å². The molecular formula is C6H11N. The van der Waals surface area contributed by atoms with E-state index in [2.05, 4.69) is 6.58 Å². The Morgan fingerprint density at radius 1 is 1.57 bits per heavy atom. The zero-order valence-electron chi connectivity index (χ0n) is 4.89. The lowest BCUT2D eigenvalue weighted by atomic mass is 10.6. The molecule has 0 spiro atoms. The molecule has 0 unspecified atom stereocenters. The van der Waals surface area contributed by atoms with Crippen LogP contribution in [0.3, 0.4) is 0 Å². The topological polar surface area (TPSA) is 3.24 Å². The number of allylic oxidation sites excluding steroid dienone is 1. The van der Waals surface area contributed by atoms with Crippen LogP contribution in [0.25, 0.3) is 0 Å². The maximum atomic E-state index is 3.55. The van der Waals surface area contributed by atoms with E-state index < -0.39 is 0 Å². The van der Waals surface area contributed by atoms with Gasteiger partial charge in [-0.05, 0) is 19.3 Å². The van der Waals surface area contributed by atoms with Gasteiger partial charge in [0.1, 0.15) is 0 Å². The molecule has 0 amide bonds. The van der Waals surface area contributed by atoms with E-state index in [1.807, 2.05) is 31.1 Å². The van der Waals surface area contributed by atoms with Crippen molar-refractivity contribution < 1.29 is 0 Å². The van der Waals surface area contributed by atoms with Gasteiger partial charge in [0, 0.05) is 7.05 Å². The number of hydrogen-bond donors (Lipinski definition) is 0. The van der Waals surface area contributed by atoms with E-state index in [0.29, 0.717) is 0 Å². The van der Waals surface area contributed by atoms with Crippen LogP contribution >= 0.6 is 0 Å². The predicted octanol–water partition coefficient (Wildman–Crippen LogP) is 1.60. The Morgan fingerprint density at radius 2 is 2.14 bits per heavy atom. The highest BCUT2D eigenvalue weighted by Gasteiger charge is 1.71. The standard InChI is InChI=1S/C6H11N/c1-4-6-7(3)5-2/h4-6H,2H2,1,3H3/b6-4-. The molecule has 0 aliphatic rings. The molecule has 40 valence electrons. The molecule has 0 aliphatic heterocycles. The van der Waals surface area contributed by atoms with E-state index in [-0.39, 0.29) is 0 Å². The molecule has 7 heavy (non-hydrogen) atoms. The molecule has 0 saturated heterocycles. The second-order valence-electron chi connectivity index (χ2n) is 1.33. The lowest BCUT2D eigenvalue weighted by molar-refractivity contribution is 0.627. The van der Waals surface area contributed by atoms with Crippen molar-refractivity contribution in [3.63, 3.8) is 0 Å². The summed E-state index contributed by atoms with van der Waals surface area (Å²) in [5.41, 5.74) is 0. The highest BCUT2D eigenvalue weighted by molar-refractivity contribution is 4.81.